The van der Waals surface area contributed by atoms with Gasteiger partial charge in [0.25, 0.3) is 0 Å². The number of carboxylic acids is 1. The number of carbonyl (C=O) groups is 2. The zero-order valence-corrected chi connectivity index (χ0v) is 18.3. The predicted molar refractivity (Wildman–Crippen MR) is 119 cm³/mol. The molecule has 6 heteroatoms. The quantitative estimate of drug-likeness (QED) is 0.376. The van der Waals surface area contributed by atoms with Crippen molar-refractivity contribution in [3.05, 3.63) is 64.9 Å². The van der Waals surface area contributed by atoms with Crippen molar-refractivity contribution >= 4 is 28.8 Å². The van der Waals surface area contributed by atoms with Gasteiger partial charge in [-0.15, -0.1) is 0 Å². The van der Waals surface area contributed by atoms with Gasteiger partial charge < -0.3 is 19.0 Å². The molecule has 0 saturated carbocycles. The van der Waals surface area contributed by atoms with Crippen LogP contribution in [0, 0.1) is 13.8 Å². The van der Waals surface area contributed by atoms with E-state index in [1.54, 1.807) is 18.2 Å². The summed E-state index contributed by atoms with van der Waals surface area (Å²) in [6.07, 6.45) is 3.16. The van der Waals surface area contributed by atoms with Crippen molar-refractivity contribution in [3.63, 3.8) is 0 Å². The number of aryl methyl sites for hydroxylation is 2. The molecule has 1 N–H and O–H groups in total. The second kappa shape index (κ2) is 8.68. The van der Waals surface area contributed by atoms with Gasteiger partial charge in [0.1, 0.15) is 17.1 Å². The molecule has 0 fully saturated rings. The second-order valence-electron chi connectivity index (χ2n) is 7.84. The molecular weight excluding hydrogens is 396 g/mol. The first-order valence-corrected chi connectivity index (χ1v) is 10.0. The lowest BCUT2D eigenvalue weighted by atomic mass is 10.0. The van der Waals surface area contributed by atoms with Crippen molar-refractivity contribution < 1.29 is 28.6 Å². The van der Waals surface area contributed by atoms with Crippen LogP contribution in [-0.4, -0.2) is 29.1 Å². The van der Waals surface area contributed by atoms with Gasteiger partial charge >= 0.3 is 5.97 Å². The van der Waals surface area contributed by atoms with E-state index < -0.39 is 11.6 Å². The predicted octanol–water partition coefficient (Wildman–Crippen LogP) is 5.59. The highest BCUT2D eigenvalue weighted by Crippen LogP contribution is 2.29. The zero-order chi connectivity index (χ0) is 22.8. The molecule has 2 aromatic carbocycles. The van der Waals surface area contributed by atoms with Crippen molar-refractivity contribution in [1.82, 2.24) is 0 Å². The van der Waals surface area contributed by atoms with Crippen LogP contribution in [0.3, 0.4) is 0 Å². The third kappa shape index (κ3) is 4.97. The summed E-state index contributed by atoms with van der Waals surface area (Å²) in [5.41, 5.74) is 1.63. The number of hydrogen-bond donors (Lipinski definition) is 1. The molecule has 0 bridgehead atoms. The Bertz CT molecular complexity index is 1140. The van der Waals surface area contributed by atoms with Gasteiger partial charge in [-0.2, -0.15) is 0 Å². The molecule has 1 aromatic heterocycles. The summed E-state index contributed by atoms with van der Waals surface area (Å²) in [5.74, 6) is 0.171. The summed E-state index contributed by atoms with van der Waals surface area (Å²) in [6, 6.07) is 10.9. The summed E-state index contributed by atoms with van der Waals surface area (Å²) < 4.78 is 16.9. The van der Waals surface area contributed by atoms with Gasteiger partial charge in [0.05, 0.1) is 6.61 Å². The number of rotatable bonds is 8. The standard InChI is InChI=1S/C25H26O6/c1-6-29-19-9-8-18-13-22(30-21(18)14-19)20(26)10-7-17-11-15(2)23(16(3)12-17)31-25(4,5)24(27)28/h7-14H,6H2,1-5H3,(H,27,28)/b10-7+. The second-order valence-corrected chi connectivity index (χ2v) is 7.84. The number of ether oxygens (including phenoxy) is 2. The number of carboxylic acid groups (broad SMARTS) is 1. The minimum Gasteiger partial charge on any atom is -0.494 e. The van der Waals surface area contributed by atoms with Crippen LogP contribution in [0.15, 0.2) is 46.9 Å². The van der Waals surface area contributed by atoms with Crippen LogP contribution in [0.1, 0.15) is 48.0 Å². The van der Waals surface area contributed by atoms with Crippen LogP contribution in [0.25, 0.3) is 17.0 Å². The minimum absolute atomic E-state index is 0.247. The fourth-order valence-corrected chi connectivity index (χ4v) is 3.18. The number of ketones is 1. The number of aliphatic carboxylic acids is 1. The van der Waals surface area contributed by atoms with Crippen LogP contribution < -0.4 is 9.47 Å². The van der Waals surface area contributed by atoms with E-state index in [4.69, 9.17) is 13.9 Å². The first-order valence-electron chi connectivity index (χ1n) is 10.0. The molecule has 0 aliphatic heterocycles. The molecule has 0 unspecified atom stereocenters. The average Bonchev–Trinajstić information content (AvgIpc) is 3.12. The number of furan rings is 1. The van der Waals surface area contributed by atoms with E-state index in [1.165, 1.54) is 19.9 Å². The van der Waals surface area contributed by atoms with Crippen LogP contribution in [0.5, 0.6) is 11.5 Å². The Morgan fingerprint density at radius 3 is 2.39 bits per heavy atom. The summed E-state index contributed by atoms with van der Waals surface area (Å²) >= 11 is 0. The van der Waals surface area contributed by atoms with E-state index in [0.717, 1.165) is 22.1 Å². The number of fused-ring (bicyclic) bond motifs is 1. The normalized spacial score (nSPS) is 11.8. The summed E-state index contributed by atoms with van der Waals surface area (Å²) in [5, 5.41) is 10.1. The third-order valence-electron chi connectivity index (χ3n) is 4.83. The fourth-order valence-electron chi connectivity index (χ4n) is 3.18. The highest BCUT2D eigenvalue weighted by atomic mass is 16.5. The molecule has 31 heavy (non-hydrogen) atoms. The summed E-state index contributed by atoms with van der Waals surface area (Å²) in [7, 11) is 0. The van der Waals surface area contributed by atoms with Crippen LogP contribution in [0.2, 0.25) is 0 Å². The number of carbonyl (C=O) groups excluding carboxylic acids is 1. The first kappa shape index (κ1) is 22.2. The average molecular weight is 422 g/mol. The molecule has 0 atom stereocenters. The zero-order valence-electron chi connectivity index (χ0n) is 18.3. The molecule has 0 aliphatic carbocycles. The van der Waals surface area contributed by atoms with E-state index in [0.29, 0.717) is 23.7 Å². The first-order chi connectivity index (χ1) is 14.6. The molecule has 3 rings (SSSR count). The molecule has 0 spiro atoms. The lowest BCUT2D eigenvalue weighted by Crippen LogP contribution is -2.38. The van der Waals surface area contributed by atoms with E-state index >= 15 is 0 Å². The molecule has 0 amide bonds. The molecule has 1 heterocycles. The Hall–Kier alpha value is -3.54. The molecule has 162 valence electrons. The number of benzene rings is 2. The SMILES string of the molecule is CCOc1ccc2cc(C(=O)/C=C/c3cc(C)c(OC(C)(C)C(=O)O)c(C)c3)oc2c1. The van der Waals surface area contributed by atoms with Crippen molar-refractivity contribution in [3.8, 4) is 11.5 Å². The lowest BCUT2D eigenvalue weighted by Gasteiger charge is -2.24. The van der Waals surface area contributed by atoms with E-state index in [9.17, 15) is 14.7 Å². The lowest BCUT2D eigenvalue weighted by molar-refractivity contribution is -0.152. The Kier molecular flexibility index (Phi) is 6.20. The maximum atomic E-state index is 12.6. The molecule has 3 aromatic rings. The van der Waals surface area contributed by atoms with Gasteiger partial charge in [-0.05, 0) is 87.7 Å². The monoisotopic (exact) mass is 422 g/mol. The molecule has 0 saturated heterocycles. The van der Waals surface area contributed by atoms with E-state index in [1.807, 2.05) is 45.0 Å². The highest BCUT2D eigenvalue weighted by Gasteiger charge is 2.30. The number of allylic oxidation sites excluding steroid dienone is 1. The summed E-state index contributed by atoms with van der Waals surface area (Å²) in [6.45, 7) is 9.15. The van der Waals surface area contributed by atoms with Crippen LogP contribution in [0.4, 0.5) is 0 Å². The smallest absolute Gasteiger partial charge is 0.347 e. The highest BCUT2D eigenvalue weighted by molar-refractivity contribution is 6.07. The summed E-state index contributed by atoms with van der Waals surface area (Å²) in [4.78, 5) is 23.9. The Labute approximate surface area is 181 Å². The van der Waals surface area contributed by atoms with Gasteiger partial charge in [-0.25, -0.2) is 4.79 Å². The third-order valence-corrected chi connectivity index (χ3v) is 4.83. The van der Waals surface area contributed by atoms with Crippen molar-refractivity contribution in [2.75, 3.05) is 6.61 Å². The van der Waals surface area contributed by atoms with Gasteiger partial charge in [-0.1, -0.05) is 6.08 Å². The van der Waals surface area contributed by atoms with Gasteiger partial charge in [-0.3, -0.25) is 4.79 Å². The van der Waals surface area contributed by atoms with Gasteiger partial charge in [0.15, 0.2) is 11.4 Å². The Morgan fingerprint density at radius 1 is 1.10 bits per heavy atom. The van der Waals surface area contributed by atoms with Crippen molar-refractivity contribution in [1.29, 1.82) is 0 Å². The van der Waals surface area contributed by atoms with Gasteiger partial charge in [0, 0.05) is 11.5 Å². The Balaban J connectivity index is 1.80. The molecule has 0 aliphatic rings. The van der Waals surface area contributed by atoms with E-state index in [-0.39, 0.29) is 11.5 Å². The topological polar surface area (TPSA) is 86.0 Å². The van der Waals surface area contributed by atoms with Crippen molar-refractivity contribution in [2.45, 2.75) is 40.2 Å². The largest absolute Gasteiger partial charge is 0.494 e. The maximum absolute atomic E-state index is 12.6. The Morgan fingerprint density at radius 2 is 1.77 bits per heavy atom. The molecule has 0 radical (unpaired) electrons. The number of hydrogen-bond acceptors (Lipinski definition) is 5. The minimum atomic E-state index is -1.34. The fraction of sp³-hybridized carbons (Fsp3) is 0.280. The molecule has 6 nitrogen and oxygen atoms in total. The van der Waals surface area contributed by atoms with Crippen molar-refractivity contribution in [2.24, 2.45) is 0 Å². The maximum Gasteiger partial charge on any atom is 0.347 e. The van der Waals surface area contributed by atoms with Crippen LogP contribution in [-0.2, 0) is 4.79 Å². The van der Waals surface area contributed by atoms with Crippen LogP contribution >= 0.6 is 0 Å². The van der Waals surface area contributed by atoms with Gasteiger partial charge in [0.2, 0.25) is 5.78 Å². The van der Waals surface area contributed by atoms with E-state index in [2.05, 4.69) is 0 Å². The molecular formula is C25H26O6.